The van der Waals surface area contributed by atoms with Crippen LogP contribution in [0.15, 0.2) is 84.2 Å². The molecule has 9 heteroatoms. The number of thiazole rings is 1. The molecule has 0 radical (unpaired) electrons. The van der Waals surface area contributed by atoms with Gasteiger partial charge in [-0.1, -0.05) is 48.5 Å². The number of nitrogens with zero attached hydrogens (tertiary/aromatic N) is 2. The SMILES string of the molecule is COc1cccc(CNC[C@@H](O)[C@H](Cc2ccccc2)NC(=O)c2cccc(C(=O)N(C)[C@H](C)c3nc(C)cs3)c2)c1. The van der Waals surface area contributed by atoms with Gasteiger partial charge in [0.25, 0.3) is 11.8 Å². The molecular formula is C33H38N4O4S. The standard InChI is InChI=1S/C33H38N4O4S/c1-22-21-42-32(35-22)23(2)37(3)33(40)27-14-9-13-26(18-27)31(39)36-29(17-24-10-6-5-7-11-24)30(38)20-34-19-25-12-8-15-28(16-25)41-4/h5-16,18,21,23,29-30,34,38H,17,19-20H2,1-4H3,(H,36,39)/t23-,29+,30-/m1/s1. The van der Waals surface area contributed by atoms with Crippen LogP contribution in [-0.2, 0) is 13.0 Å². The Labute approximate surface area is 251 Å². The van der Waals surface area contributed by atoms with E-state index < -0.39 is 12.1 Å². The van der Waals surface area contributed by atoms with E-state index in [1.54, 1.807) is 43.3 Å². The fourth-order valence-corrected chi connectivity index (χ4v) is 5.49. The quantitative estimate of drug-likeness (QED) is 0.208. The average molecular weight is 587 g/mol. The number of ether oxygens (including phenoxy) is 1. The van der Waals surface area contributed by atoms with Crippen molar-refractivity contribution >= 4 is 23.2 Å². The molecule has 220 valence electrons. The summed E-state index contributed by atoms with van der Waals surface area (Å²) in [4.78, 5) is 32.9. The predicted octanol–water partition coefficient (Wildman–Crippen LogP) is 4.79. The largest absolute Gasteiger partial charge is 0.497 e. The Balaban J connectivity index is 1.44. The maximum Gasteiger partial charge on any atom is 0.254 e. The van der Waals surface area contributed by atoms with Crippen LogP contribution < -0.4 is 15.4 Å². The Morgan fingerprint density at radius 3 is 2.43 bits per heavy atom. The molecule has 42 heavy (non-hydrogen) atoms. The molecule has 0 aliphatic heterocycles. The molecule has 0 fully saturated rings. The lowest BCUT2D eigenvalue weighted by Crippen LogP contribution is -2.48. The highest BCUT2D eigenvalue weighted by molar-refractivity contribution is 7.09. The van der Waals surface area contributed by atoms with Crippen molar-refractivity contribution in [2.45, 2.75) is 45.0 Å². The lowest BCUT2D eigenvalue weighted by molar-refractivity contribution is 0.0742. The van der Waals surface area contributed by atoms with E-state index in [9.17, 15) is 14.7 Å². The van der Waals surface area contributed by atoms with E-state index in [0.29, 0.717) is 24.1 Å². The minimum atomic E-state index is -0.863. The van der Waals surface area contributed by atoms with Crippen molar-refractivity contribution in [1.29, 1.82) is 0 Å². The second-order valence-corrected chi connectivity index (χ2v) is 11.2. The summed E-state index contributed by atoms with van der Waals surface area (Å²) in [5.41, 5.74) is 3.69. The summed E-state index contributed by atoms with van der Waals surface area (Å²) >= 11 is 1.52. The van der Waals surface area contributed by atoms with Crippen molar-refractivity contribution < 1.29 is 19.4 Å². The van der Waals surface area contributed by atoms with Gasteiger partial charge in [0.15, 0.2) is 0 Å². The highest BCUT2D eigenvalue weighted by Crippen LogP contribution is 2.24. The minimum absolute atomic E-state index is 0.201. The van der Waals surface area contributed by atoms with E-state index in [2.05, 4.69) is 15.6 Å². The van der Waals surface area contributed by atoms with Crippen LogP contribution in [0.1, 0.15) is 55.5 Å². The molecule has 0 bridgehead atoms. The second kappa shape index (κ2) is 14.7. The number of amides is 2. The normalized spacial score (nSPS) is 13.2. The molecule has 0 aliphatic rings. The summed E-state index contributed by atoms with van der Waals surface area (Å²) in [5, 5.41) is 20.3. The summed E-state index contributed by atoms with van der Waals surface area (Å²) < 4.78 is 5.29. The highest BCUT2D eigenvalue weighted by Gasteiger charge is 2.25. The molecule has 1 aromatic heterocycles. The number of nitrogens with one attached hydrogen (secondary N) is 2. The number of aryl methyl sites for hydroxylation is 1. The van der Waals surface area contributed by atoms with Gasteiger partial charge in [0.2, 0.25) is 0 Å². The van der Waals surface area contributed by atoms with Crippen molar-refractivity contribution in [2.24, 2.45) is 0 Å². The Morgan fingerprint density at radius 2 is 1.71 bits per heavy atom. The highest BCUT2D eigenvalue weighted by atomic mass is 32.1. The Morgan fingerprint density at radius 1 is 1.00 bits per heavy atom. The first-order chi connectivity index (χ1) is 20.2. The van der Waals surface area contributed by atoms with Crippen LogP contribution in [0.25, 0.3) is 0 Å². The van der Waals surface area contributed by atoms with E-state index >= 15 is 0 Å². The molecule has 4 aromatic rings. The first kappa shape index (κ1) is 30.9. The number of aliphatic hydroxyl groups excluding tert-OH is 1. The van der Waals surface area contributed by atoms with Gasteiger partial charge in [-0.15, -0.1) is 11.3 Å². The number of hydrogen-bond acceptors (Lipinski definition) is 7. The maximum absolute atomic E-state index is 13.4. The van der Waals surface area contributed by atoms with Crippen LogP contribution in [0.2, 0.25) is 0 Å². The zero-order chi connectivity index (χ0) is 30.1. The van der Waals surface area contributed by atoms with Crippen LogP contribution in [0.4, 0.5) is 0 Å². The van der Waals surface area contributed by atoms with Crippen molar-refractivity contribution in [3.8, 4) is 5.75 Å². The number of aromatic nitrogens is 1. The molecule has 3 aromatic carbocycles. The number of methoxy groups -OCH3 is 1. The lowest BCUT2D eigenvalue weighted by Gasteiger charge is -2.25. The van der Waals surface area contributed by atoms with Gasteiger partial charge in [-0.05, 0) is 61.7 Å². The van der Waals surface area contributed by atoms with Gasteiger partial charge in [0.05, 0.1) is 25.3 Å². The van der Waals surface area contributed by atoms with Gasteiger partial charge in [-0.2, -0.15) is 0 Å². The molecule has 2 amide bonds. The van der Waals surface area contributed by atoms with E-state index in [0.717, 1.165) is 27.6 Å². The summed E-state index contributed by atoms with van der Waals surface area (Å²) in [6, 6.07) is 23.4. The average Bonchev–Trinajstić information content (AvgIpc) is 3.46. The molecule has 0 saturated carbocycles. The van der Waals surface area contributed by atoms with Gasteiger partial charge in [0.1, 0.15) is 10.8 Å². The molecule has 0 aliphatic carbocycles. The van der Waals surface area contributed by atoms with Crippen LogP contribution >= 0.6 is 11.3 Å². The molecule has 1 heterocycles. The van der Waals surface area contributed by atoms with Crippen LogP contribution in [0.3, 0.4) is 0 Å². The summed E-state index contributed by atoms with van der Waals surface area (Å²) in [5.74, 6) is 0.208. The maximum atomic E-state index is 13.4. The second-order valence-electron chi connectivity index (χ2n) is 10.3. The molecular weight excluding hydrogens is 548 g/mol. The summed E-state index contributed by atoms with van der Waals surface area (Å²) in [6.07, 6.45) is -0.418. The fourth-order valence-electron chi connectivity index (χ4n) is 4.59. The molecule has 4 rings (SSSR count). The van der Waals surface area contributed by atoms with Gasteiger partial charge < -0.3 is 25.4 Å². The number of carbonyl (C=O) groups excluding carboxylic acids is 2. The third-order valence-electron chi connectivity index (χ3n) is 7.16. The van der Waals surface area contributed by atoms with Crippen molar-refractivity contribution in [3.63, 3.8) is 0 Å². The van der Waals surface area contributed by atoms with E-state index in [4.69, 9.17) is 4.74 Å². The zero-order valence-electron chi connectivity index (χ0n) is 24.4. The van der Waals surface area contributed by atoms with Crippen molar-refractivity contribution in [2.75, 3.05) is 20.7 Å². The smallest absolute Gasteiger partial charge is 0.254 e. The molecule has 0 spiro atoms. The van der Waals surface area contributed by atoms with Crippen LogP contribution in [0, 0.1) is 6.92 Å². The monoisotopic (exact) mass is 586 g/mol. The van der Waals surface area contributed by atoms with E-state index in [-0.39, 0.29) is 24.4 Å². The number of aliphatic hydroxyl groups is 1. The van der Waals surface area contributed by atoms with Gasteiger partial charge in [0, 0.05) is 42.3 Å². The van der Waals surface area contributed by atoms with Gasteiger partial charge >= 0.3 is 0 Å². The number of hydrogen-bond donors (Lipinski definition) is 3. The predicted molar refractivity (Wildman–Crippen MR) is 166 cm³/mol. The summed E-state index contributed by atoms with van der Waals surface area (Å²) in [7, 11) is 3.36. The van der Waals surface area contributed by atoms with E-state index in [1.807, 2.05) is 73.8 Å². The number of rotatable bonds is 13. The Bertz CT molecular complexity index is 1480. The minimum Gasteiger partial charge on any atom is -0.497 e. The third kappa shape index (κ3) is 8.25. The molecule has 8 nitrogen and oxygen atoms in total. The van der Waals surface area contributed by atoms with Crippen molar-refractivity contribution in [3.05, 3.63) is 117 Å². The van der Waals surface area contributed by atoms with Crippen LogP contribution in [-0.4, -0.2) is 59.7 Å². The number of carbonyl (C=O) groups is 2. The topological polar surface area (TPSA) is 104 Å². The zero-order valence-corrected chi connectivity index (χ0v) is 25.2. The van der Waals surface area contributed by atoms with Gasteiger partial charge in [-0.25, -0.2) is 4.98 Å². The Kier molecular flexibility index (Phi) is 10.8. The fraction of sp³-hybridized carbons (Fsp3) is 0.303. The molecule has 0 saturated heterocycles. The first-order valence-electron chi connectivity index (χ1n) is 13.9. The lowest BCUT2D eigenvalue weighted by atomic mass is 10.00. The van der Waals surface area contributed by atoms with Crippen molar-refractivity contribution in [1.82, 2.24) is 20.5 Å². The van der Waals surface area contributed by atoms with E-state index in [1.165, 1.54) is 11.3 Å². The molecule has 0 unspecified atom stereocenters. The molecule has 3 N–H and O–H groups in total. The summed E-state index contributed by atoms with van der Waals surface area (Å²) in [6.45, 7) is 4.67. The van der Waals surface area contributed by atoms with Crippen LogP contribution in [0.5, 0.6) is 5.75 Å². The molecule has 3 atom stereocenters. The third-order valence-corrected chi connectivity index (χ3v) is 8.30. The Hall–Kier alpha value is -4.05. The van der Waals surface area contributed by atoms with Gasteiger partial charge in [-0.3, -0.25) is 9.59 Å². The number of benzene rings is 3. The first-order valence-corrected chi connectivity index (χ1v) is 14.8.